The van der Waals surface area contributed by atoms with Crippen molar-refractivity contribution in [3.05, 3.63) is 64.9 Å². The van der Waals surface area contributed by atoms with Crippen LogP contribution in [0.25, 0.3) is 17.0 Å². The first kappa shape index (κ1) is 24.4. The fraction of sp³-hybridized carbons (Fsp3) is 0.345. The second-order valence-corrected chi connectivity index (χ2v) is 9.36. The average Bonchev–Trinajstić information content (AvgIpc) is 3.55. The Morgan fingerprint density at radius 3 is 2.70 bits per heavy atom. The number of nitrogens with one attached hydrogen (secondary N) is 1. The highest BCUT2D eigenvalue weighted by Crippen LogP contribution is 2.32. The number of hydrogen-bond acceptors (Lipinski definition) is 5. The molecule has 1 N–H and O–H groups in total. The van der Waals surface area contributed by atoms with Gasteiger partial charge >= 0.3 is 0 Å². The third-order valence-corrected chi connectivity index (χ3v) is 6.96. The summed E-state index contributed by atoms with van der Waals surface area (Å²) in [7, 11) is 0. The quantitative estimate of drug-likeness (QED) is 0.390. The molecule has 1 saturated heterocycles. The van der Waals surface area contributed by atoms with E-state index in [4.69, 9.17) is 9.47 Å². The number of carbonyl (C=O) groups excluding carboxylic acids is 2. The molecule has 2 aromatic carbocycles. The van der Waals surface area contributed by atoms with Crippen LogP contribution >= 0.6 is 0 Å². The predicted molar refractivity (Wildman–Crippen MR) is 140 cm³/mol. The van der Waals surface area contributed by atoms with E-state index in [0.717, 1.165) is 59.9 Å². The standard InChI is InChI=1S/C29H30N4O4/c1-2-21-7-6-8-24-23(17-33(28(21)24)18-27(34)32-11-4-3-5-12-32)14-22(15-30)29(35)31-16-20-9-10-25-26(13-20)37-19-36-25/h6-10,13-14,17H,2-5,11-12,16,18-19H2,1H3,(H,31,35)/b22-14+. The largest absolute Gasteiger partial charge is 0.454 e. The van der Waals surface area contributed by atoms with Gasteiger partial charge in [0.25, 0.3) is 5.91 Å². The summed E-state index contributed by atoms with van der Waals surface area (Å²) in [6.45, 7) is 4.35. The topological polar surface area (TPSA) is 96.6 Å². The number of aromatic nitrogens is 1. The smallest absolute Gasteiger partial charge is 0.262 e. The number of nitriles is 1. The molecule has 37 heavy (non-hydrogen) atoms. The highest BCUT2D eigenvalue weighted by Gasteiger charge is 2.20. The number of rotatable bonds is 7. The number of likely N-dealkylation sites (tertiary alicyclic amines) is 1. The van der Waals surface area contributed by atoms with Gasteiger partial charge in [0.2, 0.25) is 12.7 Å². The number of ether oxygens (including phenoxy) is 2. The highest BCUT2D eigenvalue weighted by molar-refractivity contribution is 6.04. The number of para-hydroxylation sites is 1. The molecule has 0 radical (unpaired) electrons. The van der Waals surface area contributed by atoms with Gasteiger partial charge < -0.3 is 24.3 Å². The summed E-state index contributed by atoms with van der Waals surface area (Å²) in [6.07, 6.45) is 7.55. The van der Waals surface area contributed by atoms with Crippen molar-refractivity contribution in [3.8, 4) is 17.6 Å². The van der Waals surface area contributed by atoms with E-state index in [-0.39, 0.29) is 31.4 Å². The number of hydrogen-bond donors (Lipinski definition) is 1. The van der Waals surface area contributed by atoms with Crippen molar-refractivity contribution < 1.29 is 19.1 Å². The number of piperidine rings is 1. The molecule has 2 amide bonds. The van der Waals surface area contributed by atoms with E-state index >= 15 is 0 Å². The lowest BCUT2D eigenvalue weighted by atomic mass is 10.1. The van der Waals surface area contributed by atoms with Gasteiger partial charge in [0.05, 0.1) is 5.52 Å². The monoisotopic (exact) mass is 498 g/mol. The third-order valence-electron chi connectivity index (χ3n) is 6.96. The molecule has 0 unspecified atom stereocenters. The van der Waals surface area contributed by atoms with Crippen LogP contribution in [0.1, 0.15) is 42.9 Å². The molecule has 0 saturated carbocycles. The van der Waals surface area contributed by atoms with Crippen molar-refractivity contribution in [1.29, 1.82) is 5.26 Å². The third kappa shape index (κ3) is 5.17. The number of fused-ring (bicyclic) bond motifs is 2. The van der Waals surface area contributed by atoms with Crippen molar-refractivity contribution >= 4 is 28.8 Å². The summed E-state index contributed by atoms with van der Waals surface area (Å²) in [5.41, 5.74) is 3.68. The fourth-order valence-corrected chi connectivity index (χ4v) is 5.01. The number of benzene rings is 2. The fourth-order valence-electron chi connectivity index (χ4n) is 5.01. The predicted octanol–water partition coefficient (Wildman–Crippen LogP) is 4.17. The minimum absolute atomic E-state index is 0.00375. The zero-order chi connectivity index (χ0) is 25.8. The first-order valence-corrected chi connectivity index (χ1v) is 12.7. The van der Waals surface area contributed by atoms with Crippen LogP contribution in [0, 0.1) is 11.3 Å². The minimum Gasteiger partial charge on any atom is -0.454 e. The van der Waals surface area contributed by atoms with Crippen LogP contribution in [0.4, 0.5) is 0 Å². The first-order valence-electron chi connectivity index (χ1n) is 12.7. The van der Waals surface area contributed by atoms with Gasteiger partial charge in [0, 0.05) is 36.8 Å². The molecule has 3 aromatic rings. The van der Waals surface area contributed by atoms with E-state index in [1.54, 1.807) is 12.1 Å². The average molecular weight is 499 g/mol. The van der Waals surface area contributed by atoms with Gasteiger partial charge in [0.1, 0.15) is 18.2 Å². The summed E-state index contributed by atoms with van der Waals surface area (Å²) in [6, 6.07) is 13.5. The Labute approximate surface area is 216 Å². The second-order valence-electron chi connectivity index (χ2n) is 9.36. The summed E-state index contributed by atoms with van der Waals surface area (Å²) in [4.78, 5) is 27.9. The first-order chi connectivity index (χ1) is 18.1. The maximum absolute atomic E-state index is 13.1. The lowest BCUT2D eigenvalue weighted by Crippen LogP contribution is -2.37. The molecule has 2 aliphatic heterocycles. The van der Waals surface area contributed by atoms with Crippen molar-refractivity contribution in [2.75, 3.05) is 19.9 Å². The molecule has 190 valence electrons. The van der Waals surface area contributed by atoms with Gasteiger partial charge in [0.15, 0.2) is 11.5 Å². The van der Waals surface area contributed by atoms with Gasteiger partial charge in [-0.1, -0.05) is 31.2 Å². The molecule has 0 spiro atoms. The summed E-state index contributed by atoms with van der Waals surface area (Å²) in [5.74, 6) is 0.952. The van der Waals surface area contributed by atoms with Gasteiger partial charge in [-0.3, -0.25) is 9.59 Å². The van der Waals surface area contributed by atoms with Crippen molar-refractivity contribution in [2.45, 2.75) is 45.7 Å². The SMILES string of the molecule is CCc1cccc2c(/C=C(\C#N)C(=O)NCc3ccc4c(c3)OCO4)cn(CC(=O)N3CCCCC3)c12. The van der Waals surface area contributed by atoms with Crippen LogP contribution in [-0.2, 0) is 29.1 Å². The Balaban J connectivity index is 1.39. The van der Waals surface area contributed by atoms with Crippen LogP contribution in [-0.4, -0.2) is 41.2 Å². The maximum Gasteiger partial charge on any atom is 0.262 e. The van der Waals surface area contributed by atoms with Crippen LogP contribution in [0.15, 0.2) is 48.2 Å². The van der Waals surface area contributed by atoms with Crippen LogP contribution < -0.4 is 14.8 Å². The van der Waals surface area contributed by atoms with E-state index in [1.165, 1.54) is 6.42 Å². The Morgan fingerprint density at radius 2 is 1.92 bits per heavy atom. The summed E-state index contributed by atoms with van der Waals surface area (Å²) in [5, 5.41) is 13.5. The van der Waals surface area contributed by atoms with E-state index in [2.05, 4.69) is 18.3 Å². The molecule has 0 aliphatic carbocycles. The second kappa shape index (κ2) is 10.8. The molecule has 0 atom stereocenters. The van der Waals surface area contributed by atoms with Crippen molar-refractivity contribution in [3.63, 3.8) is 0 Å². The van der Waals surface area contributed by atoms with Gasteiger partial charge in [-0.2, -0.15) is 5.26 Å². The Morgan fingerprint density at radius 1 is 1.11 bits per heavy atom. The summed E-state index contributed by atoms with van der Waals surface area (Å²) >= 11 is 0. The maximum atomic E-state index is 13.1. The van der Waals surface area contributed by atoms with Gasteiger partial charge in [-0.05, 0) is 55.0 Å². The van der Waals surface area contributed by atoms with E-state index in [0.29, 0.717) is 11.5 Å². The molecular formula is C29H30N4O4. The lowest BCUT2D eigenvalue weighted by Gasteiger charge is -2.27. The number of carbonyl (C=O) groups is 2. The van der Waals surface area contributed by atoms with Gasteiger partial charge in [-0.25, -0.2) is 0 Å². The molecule has 8 nitrogen and oxygen atoms in total. The number of nitrogens with zero attached hydrogens (tertiary/aromatic N) is 3. The Bertz CT molecular complexity index is 1410. The van der Waals surface area contributed by atoms with Crippen molar-refractivity contribution in [2.24, 2.45) is 0 Å². The zero-order valence-electron chi connectivity index (χ0n) is 21.0. The minimum atomic E-state index is -0.461. The summed E-state index contributed by atoms with van der Waals surface area (Å²) < 4.78 is 12.7. The normalized spacial score (nSPS) is 15.0. The molecule has 2 aliphatic rings. The Hall–Kier alpha value is -4.25. The molecule has 5 rings (SSSR count). The van der Waals surface area contributed by atoms with E-state index < -0.39 is 5.91 Å². The molecule has 0 bridgehead atoms. The van der Waals surface area contributed by atoms with Crippen LogP contribution in [0.2, 0.25) is 0 Å². The van der Waals surface area contributed by atoms with Gasteiger partial charge in [-0.15, -0.1) is 0 Å². The number of amides is 2. The van der Waals surface area contributed by atoms with Crippen molar-refractivity contribution in [1.82, 2.24) is 14.8 Å². The Kier molecular flexibility index (Phi) is 7.13. The van der Waals surface area contributed by atoms with E-state index in [9.17, 15) is 14.9 Å². The molecular weight excluding hydrogens is 468 g/mol. The van der Waals surface area contributed by atoms with Crippen LogP contribution in [0.5, 0.6) is 11.5 Å². The van der Waals surface area contributed by atoms with Crippen LogP contribution in [0.3, 0.4) is 0 Å². The highest BCUT2D eigenvalue weighted by atomic mass is 16.7. The molecule has 3 heterocycles. The lowest BCUT2D eigenvalue weighted by molar-refractivity contribution is -0.132. The molecule has 1 fully saturated rings. The molecule has 1 aromatic heterocycles. The number of aryl methyl sites for hydroxylation is 1. The zero-order valence-corrected chi connectivity index (χ0v) is 21.0. The van der Waals surface area contributed by atoms with E-state index in [1.807, 2.05) is 46.0 Å². The molecule has 8 heteroatoms.